The van der Waals surface area contributed by atoms with Gasteiger partial charge in [-0.2, -0.15) is 0 Å². The Bertz CT molecular complexity index is 604. The van der Waals surface area contributed by atoms with Crippen LogP contribution in [0.4, 0.5) is 0 Å². The van der Waals surface area contributed by atoms with Crippen molar-refractivity contribution >= 4 is 12.5 Å². The molecule has 2 nitrogen and oxygen atoms in total. The minimum absolute atomic E-state index is 0.0844. The van der Waals surface area contributed by atoms with Crippen molar-refractivity contribution in [2.24, 2.45) is 0 Å². The largest absolute Gasteiger partial charge is 0.314 e. The number of fused-ring (bicyclic) bond motifs is 1. The molecular weight excluding hydrogens is 234 g/mol. The molecule has 2 heteroatoms. The van der Waals surface area contributed by atoms with Crippen LogP contribution in [0.5, 0.6) is 0 Å². The van der Waals surface area contributed by atoms with Crippen LogP contribution >= 0.6 is 0 Å². The molecule has 19 heavy (non-hydrogen) atoms. The molecular formula is C17H15NO. The summed E-state index contributed by atoms with van der Waals surface area (Å²) in [6.07, 6.45) is 5.59. The summed E-state index contributed by atoms with van der Waals surface area (Å²) >= 11 is 0. The van der Waals surface area contributed by atoms with E-state index in [0.29, 0.717) is 0 Å². The predicted molar refractivity (Wildman–Crippen MR) is 76.3 cm³/mol. The van der Waals surface area contributed by atoms with Gasteiger partial charge >= 0.3 is 0 Å². The van der Waals surface area contributed by atoms with Gasteiger partial charge in [-0.1, -0.05) is 54.6 Å². The van der Waals surface area contributed by atoms with Crippen LogP contribution < -0.4 is 0 Å². The number of nitrogens with zero attached hydrogens (tertiary/aromatic N) is 1. The van der Waals surface area contributed by atoms with Gasteiger partial charge in [0.1, 0.15) is 0 Å². The van der Waals surface area contributed by atoms with Gasteiger partial charge in [0.05, 0.1) is 6.04 Å². The molecule has 0 saturated heterocycles. The van der Waals surface area contributed by atoms with Crippen molar-refractivity contribution in [3.05, 3.63) is 77.5 Å². The van der Waals surface area contributed by atoms with E-state index in [2.05, 4.69) is 24.3 Å². The lowest BCUT2D eigenvalue weighted by atomic mass is 9.92. The Labute approximate surface area is 113 Å². The minimum atomic E-state index is 0.0844. The monoisotopic (exact) mass is 249 g/mol. The number of amides is 1. The molecule has 0 unspecified atom stereocenters. The van der Waals surface area contributed by atoms with Crippen molar-refractivity contribution in [3.63, 3.8) is 0 Å². The van der Waals surface area contributed by atoms with Gasteiger partial charge in [0.2, 0.25) is 6.41 Å². The molecule has 3 rings (SSSR count). The fourth-order valence-corrected chi connectivity index (χ4v) is 2.56. The lowest BCUT2D eigenvalue weighted by molar-refractivity contribution is -0.117. The SMILES string of the molecule is O=CN1C=Cc2ccccc2[C@@H]1Cc1ccccc1. The zero-order valence-electron chi connectivity index (χ0n) is 10.6. The molecule has 1 aliphatic rings. The molecule has 0 radical (unpaired) electrons. The quantitative estimate of drug-likeness (QED) is 0.763. The van der Waals surface area contributed by atoms with Crippen molar-refractivity contribution < 1.29 is 4.79 Å². The Kier molecular flexibility index (Phi) is 3.15. The molecule has 1 aliphatic heterocycles. The highest BCUT2D eigenvalue weighted by molar-refractivity contribution is 5.63. The Morgan fingerprint density at radius 2 is 1.74 bits per heavy atom. The van der Waals surface area contributed by atoms with Crippen LogP contribution in [0.2, 0.25) is 0 Å². The molecule has 0 bridgehead atoms. The van der Waals surface area contributed by atoms with E-state index >= 15 is 0 Å². The average Bonchev–Trinajstić information content (AvgIpc) is 2.49. The number of carbonyl (C=O) groups excluding carboxylic acids is 1. The van der Waals surface area contributed by atoms with E-state index in [4.69, 9.17) is 0 Å². The highest BCUT2D eigenvalue weighted by Crippen LogP contribution is 2.31. The maximum atomic E-state index is 11.2. The summed E-state index contributed by atoms with van der Waals surface area (Å²) in [5.41, 5.74) is 3.65. The highest BCUT2D eigenvalue weighted by atomic mass is 16.1. The van der Waals surface area contributed by atoms with E-state index in [1.165, 1.54) is 16.7 Å². The van der Waals surface area contributed by atoms with Crippen molar-refractivity contribution in [1.82, 2.24) is 4.90 Å². The Hall–Kier alpha value is -2.35. The second-order valence-corrected chi connectivity index (χ2v) is 4.70. The number of hydrogen-bond acceptors (Lipinski definition) is 1. The standard InChI is InChI=1S/C17H15NO/c19-13-18-11-10-15-8-4-5-9-16(15)17(18)12-14-6-2-1-3-7-14/h1-11,13,17H,12H2/t17-/m0/s1. The van der Waals surface area contributed by atoms with E-state index in [-0.39, 0.29) is 6.04 Å². The van der Waals surface area contributed by atoms with E-state index in [9.17, 15) is 4.79 Å². The maximum absolute atomic E-state index is 11.2. The van der Waals surface area contributed by atoms with Gasteiger partial charge in [-0.05, 0) is 29.2 Å². The van der Waals surface area contributed by atoms with Gasteiger partial charge in [-0.25, -0.2) is 0 Å². The normalized spacial score (nSPS) is 17.1. The summed E-state index contributed by atoms with van der Waals surface area (Å²) in [5, 5.41) is 0. The lowest BCUT2D eigenvalue weighted by Gasteiger charge is -2.30. The number of hydrogen-bond donors (Lipinski definition) is 0. The molecule has 1 amide bonds. The fraction of sp³-hybridized carbons (Fsp3) is 0.118. The molecule has 1 heterocycles. The molecule has 0 fully saturated rings. The average molecular weight is 249 g/mol. The second-order valence-electron chi connectivity index (χ2n) is 4.70. The first-order valence-electron chi connectivity index (χ1n) is 6.42. The third-order valence-electron chi connectivity index (χ3n) is 3.53. The van der Waals surface area contributed by atoms with Crippen LogP contribution in [0.15, 0.2) is 60.8 Å². The zero-order valence-corrected chi connectivity index (χ0v) is 10.6. The predicted octanol–water partition coefficient (Wildman–Crippen LogP) is 3.41. The summed E-state index contributed by atoms with van der Waals surface area (Å²) in [6, 6.07) is 18.6. The summed E-state index contributed by atoms with van der Waals surface area (Å²) < 4.78 is 0. The van der Waals surface area contributed by atoms with Crippen LogP contribution in [0, 0.1) is 0 Å². The first-order valence-corrected chi connectivity index (χ1v) is 6.42. The van der Waals surface area contributed by atoms with Crippen molar-refractivity contribution in [1.29, 1.82) is 0 Å². The van der Waals surface area contributed by atoms with E-state index in [1.807, 2.05) is 42.6 Å². The third kappa shape index (κ3) is 2.29. The smallest absolute Gasteiger partial charge is 0.214 e. The highest BCUT2D eigenvalue weighted by Gasteiger charge is 2.22. The van der Waals surface area contributed by atoms with Gasteiger partial charge in [-0.15, -0.1) is 0 Å². The Morgan fingerprint density at radius 1 is 1.00 bits per heavy atom. The molecule has 2 aromatic carbocycles. The van der Waals surface area contributed by atoms with Crippen LogP contribution in [-0.4, -0.2) is 11.3 Å². The zero-order chi connectivity index (χ0) is 13.1. The van der Waals surface area contributed by atoms with Crippen LogP contribution in [0.1, 0.15) is 22.7 Å². The van der Waals surface area contributed by atoms with E-state index in [1.54, 1.807) is 4.90 Å². The molecule has 1 atom stereocenters. The lowest BCUT2D eigenvalue weighted by Crippen LogP contribution is -2.26. The van der Waals surface area contributed by atoms with Gasteiger partial charge in [0.15, 0.2) is 0 Å². The van der Waals surface area contributed by atoms with Gasteiger partial charge in [0, 0.05) is 6.20 Å². The molecule has 2 aromatic rings. The second kappa shape index (κ2) is 5.11. The van der Waals surface area contributed by atoms with Crippen LogP contribution in [-0.2, 0) is 11.2 Å². The van der Waals surface area contributed by atoms with Gasteiger partial charge in [-0.3, -0.25) is 4.79 Å². The Balaban J connectivity index is 1.97. The number of carbonyl (C=O) groups is 1. The number of benzene rings is 2. The minimum Gasteiger partial charge on any atom is -0.314 e. The third-order valence-corrected chi connectivity index (χ3v) is 3.53. The molecule has 0 spiro atoms. The summed E-state index contributed by atoms with van der Waals surface area (Å²) in [4.78, 5) is 13.0. The molecule has 94 valence electrons. The van der Waals surface area contributed by atoms with E-state index in [0.717, 1.165) is 12.8 Å². The summed E-state index contributed by atoms with van der Waals surface area (Å²) in [7, 11) is 0. The number of rotatable bonds is 3. The first kappa shape index (κ1) is 11.7. The van der Waals surface area contributed by atoms with Crippen LogP contribution in [0.25, 0.3) is 6.08 Å². The Morgan fingerprint density at radius 3 is 2.53 bits per heavy atom. The van der Waals surface area contributed by atoms with Crippen LogP contribution in [0.3, 0.4) is 0 Å². The van der Waals surface area contributed by atoms with Gasteiger partial charge in [0.25, 0.3) is 0 Å². The topological polar surface area (TPSA) is 20.3 Å². The van der Waals surface area contributed by atoms with Crippen molar-refractivity contribution in [2.45, 2.75) is 12.5 Å². The molecule has 0 aromatic heterocycles. The summed E-state index contributed by atoms with van der Waals surface area (Å²) in [5.74, 6) is 0. The van der Waals surface area contributed by atoms with Crippen molar-refractivity contribution in [3.8, 4) is 0 Å². The maximum Gasteiger partial charge on any atom is 0.214 e. The fourth-order valence-electron chi connectivity index (χ4n) is 2.56. The van der Waals surface area contributed by atoms with Gasteiger partial charge < -0.3 is 4.90 Å². The molecule has 0 N–H and O–H groups in total. The molecule has 0 saturated carbocycles. The first-order chi connectivity index (χ1) is 9.38. The molecule has 0 aliphatic carbocycles. The van der Waals surface area contributed by atoms with Crippen molar-refractivity contribution in [2.75, 3.05) is 0 Å². The summed E-state index contributed by atoms with van der Waals surface area (Å²) in [6.45, 7) is 0. The van der Waals surface area contributed by atoms with E-state index < -0.39 is 0 Å².